The molecule has 2 aromatic rings. The number of rotatable bonds is 6. The fourth-order valence-corrected chi connectivity index (χ4v) is 2.37. The molecule has 0 aliphatic heterocycles. The summed E-state index contributed by atoms with van der Waals surface area (Å²) in [4.78, 5) is 14.2. The fraction of sp³-hybridized carbons (Fsp3) is 0.308. The molecule has 0 aromatic carbocycles. The van der Waals surface area contributed by atoms with E-state index in [9.17, 15) is 4.79 Å². The van der Waals surface area contributed by atoms with Crippen molar-refractivity contribution in [3.05, 3.63) is 46.0 Å². The van der Waals surface area contributed by atoms with Gasteiger partial charge in [-0.2, -0.15) is 0 Å². The minimum atomic E-state index is -0.953. The van der Waals surface area contributed by atoms with Gasteiger partial charge in [0.25, 0.3) is 0 Å². The maximum Gasteiger partial charge on any atom is 0.338 e. The average Bonchev–Trinajstić information content (AvgIpc) is 2.96. The Balaban J connectivity index is 1.82. The average molecular weight is 265 g/mol. The van der Waals surface area contributed by atoms with Gasteiger partial charge in [0.05, 0.1) is 12.1 Å². The van der Waals surface area contributed by atoms with Crippen LogP contribution in [0.1, 0.15) is 21.0 Å². The third-order valence-electron chi connectivity index (χ3n) is 2.65. The molecule has 4 nitrogen and oxygen atoms in total. The lowest BCUT2D eigenvalue weighted by atomic mass is 10.3. The van der Waals surface area contributed by atoms with E-state index in [1.807, 2.05) is 13.1 Å². The van der Waals surface area contributed by atoms with Crippen LogP contribution in [0, 0.1) is 0 Å². The van der Waals surface area contributed by atoms with Crippen LogP contribution in [-0.2, 0) is 13.0 Å². The van der Waals surface area contributed by atoms with Crippen molar-refractivity contribution in [3.63, 3.8) is 0 Å². The number of carboxylic acids is 1. The second-order valence-corrected chi connectivity index (χ2v) is 5.21. The van der Waals surface area contributed by atoms with E-state index in [2.05, 4.69) is 16.3 Å². The van der Waals surface area contributed by atoms with Gasteiger partial charge in [-0.05, 0) is 31.0 Å². The fourth-order valence-electron chi connectivity index (χ4n) is 1.68. The molecule has 0 saturated carbocycles. The van der Waals surface area contributed by atoms with Crippen LogP contribution >= 0.6 is 11.3 Å². The van der Waals surface area contributed by atoms with Crippen LogP contribution < -0.4 is 0 Å². The number of likely N-dealkylation sites (N-methyl/N-ethyl adjacent to an activating group) is 1. The summed E-state index contributed by atoms with van der Waals surface area (Å²) < 4.78 is 5.21. The van der Waals surface area contributed by atoms with Gasteiger partial charge in [-0.3, -0.25) is 4.90 Å². The largest absolute Gasteiger partial charge is 0.478 e. The van der Waals surface area contributed by atoms with E-state index < -0.39 is 5.97 Å². The molecule has 5 heteroatoms. The van der Waals surface area contributed by atoms with Crippen LogP contribution in [0.15, 0.2) is 34.3 Å². The van der Waals surface area contributed by atoms with Crippen molar-refractivity contribution in [2.24, 2.45) is 0 Å². The Hall–Kier alpha value is -1.59. The highest BCUT2D eigenvalue weighted by Crippen LogP contribution is 2.12. The number of hydrogen-bond donors (Lipinski definition) is 1. The maximum atomic E-state index is 10.7. The van der Waals surface area contributed by atoms with Gasteiger partial charge in [0, 0.05) is 11.4 Å². The van der Waals surface area contributed by atoms with Crippen LogP contribution in [0.25, 0.3) is 0 Å². The molecular weight excluding hydrogens is 250 g/mol. The van der Waals surface area contributed by atoms with Gasteiger partial charge in [0.15, 0.2) is 0 Å². The molecule has 0 fully saturated rings. The molecule has 2 heterocycles. The lowest BCUT2D eigenvalue weighted by Gasteiger charge is -2.13. The molecule has 2 rings (SSSR count). The normalized spacial score (nSPS) is 11.0. The molecule has 18 heavy (non-hydrogen) atoms. The van der Waals surface area contributed by atoms with Gasteiger partial charge in [0.1, 0.15) is 12.0 Å². The zero-order chi connectivity index (χ0) is 13.0. The highest BCUT2D eigenvalue weighted by atomic mass is 32.1. The number of thiophene rings is 1. The van der Waals surface area contributed by atoms with Crippen LogP contribution in [0.4, 0.5) is 0 Å². The molecule has 0 spiro atoms. The van der Waals surface area contributed by atoms with E-state index in [0.717, 1.165) is 13.0 Å². The number of hydrogen-bond acceptors (Lipinski definition) is 4. The maximum absolute atomic E-state index is 10.7. The molecule has 0 bridgehead atoms. The smallest absolute Gasteiger partial charge is 0.338 e. The second kappa shape index (κ2) is 5.84. The van der Waals surface area contributed by atoms with Crippen LogP contribution in [-0.4, -0.2) is 29.6 Å². The third-order valence-corrected chi connectivity index (χ3v) is 3.58. The summed E-state index contributed by atoms with van der Waals surface area (Å²) >= 11 is 1.75. The van der Waals surface area contributed by atoms with E-state index in [-0.39, 0.29) is 5.56 Å². The predicted molar refractivity (Wildman–Crippen MR) is 70.0 cm³/mol. The number of nitrogens with zero attached hydrogens (tertiary/aromatic N) is 1. The molecule has 0 radical (unpaired) electrons. The first-order chi connectivity index (χ1) is 8.65. The minimum absolute atomic E-state index is 0.205. The van der Waals surface area contributed by atoms with Gasteiger partial charge < -0.3 is 9.52 Å². The van der Waals surface area contributed by atoms with Crippen LogP contribution in [0.3, 0.4) is 0 Å². The topological polar surface area (TPSA) is 53.7 Å². The van der Waals surface area contributed by atoms with Crippen molar-refractivity contribution in [1.82, 2.24) is 4.90 Å². The standard InChI is InChI=1S/C13H15NO3S/c1-14(5-4-12-3-2-6-18-12)8-11-7-10(9-17-11)13(15)16/h2-3,6-7,9H,4-5,8H2,1H3,(H,15,16). The zero-order valence-electron chi connectivity index (χ0n) is 10.1. The van der Waals surface area contributed by atoms with Crippen molar-refractivity contribution in [2.75, 3.05) is 13.6 Å². The molecule has 0 aliphatic carbocycles. The Morgan fingerprint density at radius 2 is 2.39 bits per heavy atom. The number of furan rings is 1. The molecule has 1 N–H and O–H groups in total. The SMILES string of the molecule is CN(CCc1cccs1)Cc1cc(C(=O)O)co1. The van der Waals surface area contributed by atoms with Gasteiger partial charge in [-0.25, -0.2) is 4.79 Å². The van der Waals surface area contributed by atoms with Crippen molar-refractivity contribution in [3.8, 4) is 0 Å². The van der Waals surface area contributed by atoms with E-state index in [1.165, 1.54) is 11.1 Å². The first kappa shape index (κ1) is 12.9. The number of aromatic carboxylic acids is 1. The van der Waals surface area contributed by atoms with Crippen LogP contribution in [0.2, 0.25) is 0 Å². The second-order valence-electron chi connectivity index (χ2n) is 4.17. The molecule has 0 saturated heterocycles. The molecule has 0 aliphatic rings. The van der Waals surface area contributed by atoms with Crippen molar-refractivity contribution in [2.45, 2.75) is 13.0 Å². The lowest BCUT2D eigenvalue weighted by Crippen LogP contribution is -2.20. The monoisotopic (exact) mass is 265 g/mol. The predicted octanol–water partition coefficient (Wildman–Crippen LogP) is 2.71. The summed E-state index contributed by atoms with van der Waals surface area (Å²) in [6.45, 7) is 1.54. The van der Waals surface area contributed by atoms with Crippen molar-refractivity contribution >= 4 is 17.3 Å². The first-order valence-electron chi connectivity index (χ1n) is 5.67. The summed E-state index contributed by atoms with van der Waals surface area (Å²) in [7, 11) is 2.00. The molecule has 0 amide bonds. The van der Waals surface area contributed by atoms with Gasteiger partial charge in [0.2, 0.25) is 0 Å². The molecular formula is C13H15NO3S. The Morgan fingerprint density at radius 3 is 3.00 bits per heavy atom. The Morgan fingerprint density at radius 1 is 1.56 bits per heavy atom. The van der Waals surface area contributed by atoms with Crippen molar-refractivity contribution < 1.29 is 14.3 Å². The Labute approximate surface area is 109 Å². The molecule has 0 unspecified atom stereocenters. The Kier molecular flexibility index (Phi) is 4.17. The first-order valence-corrected chi connectivity index (χ1v) is 6.55. The van der Waals surface area contributed by atoms with E-state index in [1.54, 1.807) is 17.4 Å². The van der Waals surface area contributed by atoms with Crippen molar-refractivity contribution in [1.29, 1.82) is 0 Å². The summed E-state index contributed by atoms with van der Waals surface area (Å²) in [5.74, 6) is -0.271. The van der Waals surface area contributed by atoms with Gasteiger partial charge in [-0.15, -0.1) is 11.3 Å². The third kappa shape index (κ3) is 3.45. The quantitative estimate of drug-likeness (QED) is 0.872. The minimum Gasteiger partial charge on any atom is -0.478 e. The van der Waals surface area contributed by atoms with E-state index >= 15 is 0 Å². The number of carboxylic acid groups (broad SMARTS) is 1. The van der Waals surface area contributed by atoms with E-state index in [0.29, 0.717) is 12.3 Å². The lowest BCUT2D eigenvalue weighted by molar-refractivity contribution is 0.0696. The summed E-state index contributed by atoms with van der Waals surface area (Å²) in [5.41, 5.74) is 0.205. The number of carbonyl (C=O) groups is 1. The van der Waals surface area contributed by atoms with Gasteiger partial charge in [-0.1, -0.05) is 6.07 Å². The summed E-state index contributed by atoms with van der Waals surface area (Å²) in [6.07, 6.45) is 2.28. The summed E-state index contributed by atoms with van der Waals surface area (Å²) in [6, 6.07) is 5.74. The highest BCUT2D eigenvalue weighted by molar-refractivity contribution is 7.09. The molecule has 0 atom stereocenters. The highest BCUT2D eigenvalue weighted by Gasteiger charge is 2.10. The van der Waals surface area contributed by atoms with Gasteiger partial charge >= 0.3 is 5.97 Å². The van der Waals surface area contributed by atoms with E-state index in [4.69, 9.17) is 9.52 Å². The molecule has 2 aromatic heterocycles. The molecule has 96 valence electrons. The zero-order valence-corrected chi connectivity index (χ0v) is 10.9. The summed E-state index contributed by atoms with van der Waals surface area (Å²) in [5, 5.41) is 10.9. The Bertz CT molecular complexity index is 504. The van der Waals surface area contributed by atoms with Crippen LogP contribution in [0.5, 0.6) is 0 Å².